The molecule has 1 aromatic carbocycles. The molecule has 3 atom stereocenters. The number of primary amides is 1. The van der Waals surface area contributed by atoms with Crippen LogP contribution in [0.4, 0.5) is 10.5 Å². The highest BCUT2D eigenvalue weighted by atomic mass is 35.5. The zero-order valence-corrected chi connectivity index (χ0v) is 13.9. The van der Waals surface area contributed by atoms with E-state index in [-0.39, 0.29) is 30.3 Å². The zero-order chi connectivity index (χ0) is 16.0. The van der Waals surface area contributed by atoms with Crippen molar-refractivity contribution in [3.63, 3.8) is 0 Å². The number of hydrogen-bond acceptors (Lipinski definition) is 3. The van der Waals surface area contributed by atoms with E-state index in [1.807, 2.05) is 32.9 Å². The third kappa shape index (κ3) is 5.91. The fourth-order valence-electron chi connectivity index (χ4n) is 1.90. The van der Waals surface area contributed by atoms with Crippen molar-refractivity contribution in [2.75, 3.05) is 5.32 Å². The van der Waals surface area contributed by atoms with Crippen molar-refractivity contribution in [1.29, 1.82) is 0 Å². The van der Waals surface area contributed by atoms with E-state index < -0.39 is 12.1 Å². The number of carbonyl (C=O) groups excluding carboxylic acids is 2. The number of hydrogen-bond donors (Lipinski definition) is 4. The lowest BCUT2D eigenvalue weighted by Gasteiger charge is -2.21. The van der Waals surface area contributed by atoms with E-state index in [4.69, 9.17) is 11.5 Å². The van der Waals surface area contributed by atoms with Crippen molar-refractivity contribution in [2.24, 2.45) is 17.4 Å². The second-order valence-electron chi connectivity index (χ2n) is 5.25. The molecule has 0 fully saturated rings. The minimum absolute atomic E-state index is 0. The standard InChI is InChI=1S/C15H24N4O2.ClH/c1-4-9(2)13(16)14(20)18-10(3)11-5-7-12(8-6-11)19-15(17)21;/h5-10,13H,4,16H2,1-3H3,(H,18,20)(H3,17,19,21);1H. The van der Waals surface area contributed by atoms with E-state index in [0.717, 1.165) is 12.0 Å². The van der Waals surface area contributed by atoms with E-state index in [2.05, 4.69) is 10.6 Å². The van der Waals surface area contributed by atoms with Crippen LogP contribution >= 0.6 is 12.4 Å². The lowest BCUT2D eigenvalue weighted by Crippen LogP contribution is -2.45. The highest BCUT2D eigenvalue weighted by molar-refractivity contribution is 5.87. The number of benzene rings is 1. The summed E-state index contributed by atoms with van der Waals surface area (Å²) in [5.41, 5.74) is 12.5. The van der Waals surface area contributed by atoms with Gasteiger partial charge in [0.1, 0.15) is 0 Å². The molecule has 0 aliphatic rings. The number of urea groups is 1. The highest BCUT2D eigenvalue weighted by Crippen LogP contribution is 2.16. The van der Waals surface area contributed by atoms with Gasteiger partial charge in [0, 0.05) is 5.69 Å². The van der Waals surface area contributed by atoms with E-state index in [9.17, 15) is 9.59 Å². The Hall–Kier alpha value is -1.79. The van der Waals surface area contributed by atoms with Gasteiger partial charge in [-0.3, -0.25) is 4.79 Å². The molecule has 0 aliphatic heterocycles. The third-order valence-electron chi connectivity index (χ3n) is 3.60. The Morgan fingerprint density at radius 2 is 1.73 bits per heavy atom. The minimum Gasteiger partial charge on any atom is -0.351 e. The molecule has 3 amide bonds. The van der Waals surface area contributed by atoms with Gasteiger partial charge in [0.05, 0.1) is 12.1 Å². The van der Waals surface area contributed by atoms with Gasteiger partial charge in [-0.05, 0) is 30.5 Å². The first-order valence-corrected chi connectivity index (χ1v) is 7.07. The van der Waals surface area contributed by atoms with Crippen LogP contribution in [0.25, 0.3) is 0 Å². The fourth-order valence-corrected chi connectivity index (χ4v) is 1.90. The summed E-state index contributed by atoms with van der Waals surface area (Å²) in [5, 5.41) is 5.38. The molecule has 6 nitrogen and oxygen atoms in total. The summed E-state index contributed by atoms with van der Waals surface area (Å²) < 4.78 is 0. The number of nitrogens with one attached hydrogen (secondary N) is 2. The smallest absolute Gasteiger partial charge is 0.316 e. The van der Waals surface area contributed by atoms with Crippen molar-refractivity contribution >= 4 is 30.0 Å². The van der Waals surface area contributed by atoms with E-state index in [0.29, 0.717) is 5.69 Å². The van der Waals surface area contributed by atoms with Crippen molar-refractivity contribution in [3.8, 4) is 0 Å². The average molecular weight is 329 g/mol. The Morgan fingerprint density at radius 1 is 1.18 bits per heavy atom. The first-order chi connectivity index (χ1) is 9.85. The van der Waals surface area contributed by atoms with Gasteiger partial charge in [0.2, 0.25) is 5.91 Å². The molecule has 0 radical (unpaired) electrons. The van der Waals surface area contributed by atoms with Gasteiger partial charge in [-0.2, -0.15) is 0 Å². The van der Waals surface area contributed by atoms with Crippen LogP contribution < -0.4 is 22.1 Å². The second-order valence-corrected chi connectivity index (χ2v) is 5.25. The molecule has 124 valence electrons. The molecule has 7 heteroatoms. The van der Waals surface area contributed by atoms with Crippen molar-refractivity contribution in [1.82, 2.24) is 5.32 Å². The molecule has 22 heavy (non-hydrogen) atoms. The lowest BCUT2D eigenvalue weighted by atomic mass is 9.98. The predicted molar refractivity (Wildman–Crippen MR) is 90.9 cm³/mol. The van der Waals surface area contributed by atoms with Gasteiger partial charge >= 0.3 is 6.03 Å². The third-order valence-corrected chi connectivity index (χ3v) is 3.60. The maximum atomic E-state index is 12.0. The minimum atomic E-state index is -0.608. The zero-order valence-electron chi connectivity index (χ0n) is 13.1. The lowest BCUT2D eigenvalue weighted by molar-refractivity contribution is -0.124. The molecule has 0 saturated heterocycles. The van der Waals surface area contributed by atoms with Crippen LogP contribution in [-0.2, 0) is 4.79 Å². The van der Waals surface area contributed by atoms with Gasteiger partial charge in [0.25, 0.3) is 0 Å². The maximum absolute atomic E-state index is 12.0. The summed E-state index contributed by atoms with van der Waals surface area (Å²) in [4.78, 5) is 22.8. The highest BCUT2D eigenvalue weighted by Gasteiger charge is 2.21. The summed E-state index contributed by atoms with van der Waals surface area (Å²) in [6.07, 6.45) is 0.858. The van der Waals surface area contributed by atoms with Gasteiger partial charge in [-0.1, -0.05) is 32.4 Å². The Morgan fingerprint density at radius 3 is 2.18 bits per heavy atom. The predicted octanol–water partition coefficient (Wildman–Crippen LogP) is 2.15. The van der Waals surface area contributed by atoms with Crippen LogP contribution in [0.1, 0.15) is 38.8 Å². The molecule has 0 bridgehead atoms. The molecule has 0 aliphatic carbocycles. The van der Waals surface area contributed by atoms with Gasteiger partial charge in [0.15, 0.2) is 0 Å². The molecule has 0 spiro atoms. The van der Waals surface area contributed by atoms with Crippen LogP contribution in [0.5, 0.6) is 0 Å². The second kappa shape index (κ2) is 9.27. The number of nitrogens with two attached hydrogens (primary N) is 2. The van der Waals surface area contributed by atoms with Crippen molar-refractivity contribution in [2.45, 2.75) is 39.3 Å². The van der Waals surface area contributed by atoms with E-state index >= 15 is 0 Å². The molecule has 6 N–H and O–H groups in total. The summed E-state index contributed by atoms with van der Waals surface area (Å²) in [6.45, 7) is 5.85. The van der Waals surface area contributed by atoms with Crippen LogP contribution in [0.3, 0.4) is 0 Å². The molecule has 0 saturated carbocycles. The first kappa shape index (κ1) is 20.2. The summed E-state index contributed by atoms with van der Waals surface area (Å²) in [5.74, 6) is -0.0180. The van der Waals surface area contributed by atoms with E-state index in [1.165, 1.54) is 0 Å². The quantitative estimate of drug-likeness (QED) is 0.642. The Labute approximate surface area is 137 Å². The largest absolute Gasteiger partial charge is 0.351 e. The van der Waals surface area contributed by atoms with Crippen LogP contribution in [0.15, 0.2) is 24.3 Å². The summed E-state index contributed by atoms with van der Waals surface area (Å²) in [6, 6.07) is 5.84. The Kier molecular flexibility index (Phi) is 8.52. The number of carbonyl (C=O) groups is 2. The van der Waals surface area contributed by atoms with E-state index in [1.54, 1.807) is 12.1 Å². The molecule has 1 rings (SSSR count). The molecule has 1 aromatic rings. The van der Waals surface area contributed by atoms with Crippen molar-refractivity contribution < 1.29 is 9.59 Å². The van der Waals surface area contributed by atoms with Crippen molar-refractivity contribution in [3.05, 3.63) is 29.8 Å². The normalized spacial score (nSPS) is 14.2. The topological polar surface area (TPSA) is 110 Å². The number of amides is 3. The summed E-state index contributed by atoms with van der Waals surface area (Å²) >= 11 is 0. The summed E-state index contributed by atoms with van der Waals surface area (Å²) in [7, 11) is 0. The Bertz CT molecular complexity index is 493. The first-order valence-electron chi connectivity index (χ1n) is 7.07. The van der Waals surface area contributed by atoms with Crippen LogP contribution in [-0.4, -0.2) is 18.0 Å². The van der Waals surface area contributed by atoms with Gasteiger partial charge in [-0.25, -0.2) is 4.79 Å². The number of rotatable bonds is 6. The molecule has 3 unspecified atom stereocenters. The van der Waals surface area contributed by atoms with Crippen LogP contribution in [0, 0.1) is 5.92 Å². The van der Waals surface area contributed by atoms with Gasteiger partial charge in [-0.15, -0.1) is 12.4 Å². The SMILES string of the molecule is CCC(C)C(N)C(=O)NC(C)c1ccc(NC(N)=O)cc1.Cl. The molecule has 0 heterocycles. The van der Waals surface area contributed by atoms with Crippen LogP contribution in [0.2, 0.25) is 0 Å². The Balaban J connectivity index is 0.00000441. The van der Waals surface area contributed by atoms with Gasteiger partial charge < -0.3 is 22.1 Å². The number of anilines is 1. The fraction of sp³-hybridized carbons (Fsp3) is 0.467. The monoisotopic (exact) mass is 328 g/mol. The molecular formula is C15H25ClN4O2. The maximum Gasteiger partial charge on any atom is 0.316 e. The molecular weight excluding hydrogens is 304 g/mol. The molecule has 0 aromatic heterocycles. The average Bonchev–Trinajstić information content (AvgIpc) is 2.45. The number of halogens is 1.